The average molecular weight is 401 g/mol. The molecule has 0 atom stereocenters. The summed E-state index contributed by atoms with van der Waals surface area (Å²) >= 11 is 0. The van der Waals surface area contributed by atoms with Crippen LogP contribution in [0.4, 0.5) is 5.69 Å². The first kappa shape index (κ1) is 19.7. The van der Waals surface area contributed by atoms with Crippen molar-refractivity contribution >= 4 is 22.7 Å². The highest BCUT2D eigenvalue weighted by Gasteiger charge is 2.17. The van der Waals surface area contributed by atoms with Crippen molar-refractivity contribution in [2.24, 2.45) is 5.73 Å². The standard InChI is InChI=1S/C24H23N3O3/c1-26(20-8-3-2-4-9-20)23(28)16-27-21-15-19(10-11-22(21)30-24(27)29)18-7-5-6-17(14-18)12-13-25/h2-11,14-15H,12-13,16,25H2,1H3. The Bertz CT molecular complexity index is 1240. The van der Waals surface area contributed by atoms with E-state index >= 15 is 0 Å². The predicted octanol–water partition coefficient (Wildman–Crippen LogP) is 3.43. The van der Waals surface area contributed by atoms with Crippen LogP contribution in [0.25, 0.3) is 22.2 Å². The predicted molar refractivity (Wildman–Crippen MR) is 119 cm³/mol. The molecule has 0 radical (unpaired) electrons. The highest BCUT2D eigenvalue weighted by molar-refractivity contribution is 5.93. The first-order chi connectivity index (χ1) is 14.6. The number of likely N-dealkylation sites (N-methyl/N-ethyl adjacent to an activating group) is 1. The van der Waals surface area contributed by atoms with Gasteiger partial charge in [-0.3, -0.25) is 9.36 Å². The SMILES string of the molecule is CN(C(=O)Cn1c(=O)oc2ccc(-c3cccc(CCN)c3)cc21)c1ccccc1. The molecule has 152 valence electrons. The highest BCUT2D eigenvalue weighted by atomic mass is 16.4. The number of carbonyl (C=O) groups is 1. The summed E-state index contributed by atoms with van der Waals surface area (Å²) in [6.07, 6.45) is 0.798. The van der Waals surface area contributed by atoms with Crippen LogP contribution in [0.15, 0.2) is 82.0 Å². The minimum Gasteiger partial charge on any atom is -0.408 e. The maximum Gasteiger partial charge on any atom is 0.420 e. The van der Waals surface area contributed by atoms with E-state index in [0.29, 0.717) is 17.6 Å². The minimum atomic E-state index is -0.547. The number of amides is 1. The van der Waals surface area contributed by atoms with Gasteiger partial charge in [-0.25, -0.2) is 4.79 Å². The van der Waals surface area contributed by atoms with Crippen LogP contribution in [0.1, 0.15) is 5.56 Å². The van der Waals surface area contributed by atoms with E-state index in [1.807, 2.05) is 60.7 Å². The van der Waals surface area contributed by atoms with Crippen molar-refractivity contribution < 1.29 is 9.21 Å². The highest BCUT2D eigenvalue weighted by Crippen LogP contribution is 2.25. The van der Waals surface area contributed by atoms with E-state index in [2.05, 4.69) is 6.07 Å². The quantitative estimate of drug-likeness (QED) is 0.537. The van der Waals surface area contributed by atoms with Crippen molar-refractivity contribution in [3.8, 4) is 11.1 Å². The lowest BCUT2D eigenvalue weighted by atomic mass is 10.0. The van der Waals surface area contributed by atoms with Gasteiger partial charge in [0, 0.05) is 12.7 Å². The van der Waals surface area contributed by atoms with E-state index in [-0.39, 0.29) is 12.5 Å². The molecule has 4 aromatic rings. The first-order valence-electron chi connectivity index (χ1n) is 9.81. The molecule has 4 rings (SSSR count). The average Bonchev–Trinajstić information content (AvgIpc) is 3.08. The topological polar surface area (TPSA) is 81.5 Å². The Kier molecular flexibility index (Phi) is 5.50. The number of nitrogens with two attached hydrogens (primary N) is 1. The Morgan fingerprint density at radius 1 is 1.00 bits per heavy atom. The van der Waals surface area contributed by atoms with E-state index in [9.17, 15) is 9.59 Å². The van der Waals surface area contributed by atoms with Crippen molar-refractivity contribution in [3.05, 3.63) is 88.9 Å². The molecule has 1 heterocycles. The van der Waals surface area contributed by atoms with Crippen LogP contribution >= 0.6 is 0 Å². The molecule has 30 heavy (non-hydrogen) atoms. The molecule has 0 saturated carbocycles. The molecule has 0 aliphatic carbocycles. The number of carbonyl (C=O) groups excluding carboxylic acids is 1. The lowest BCUT2D eigenvalue weighted by Gasteiger charge is -2.17. The molecule has 1 aromatic heterocycles. The Morgan fingerprint density at radius 3 is 2.53 bits per heavy atom. The molecule has 0 unspecified atom stereocenters. The molecule has 0 bridgehead atoms. The zero-order chi connectivity index (χ0) is 21.1. The lowest BCUT2D eigenvalue weighted by Crippen LogP contribution is -2.32. The molecule has 0 aliphatic rings. The molecule has 0 fully saturated rings. The van der Waals surface area contributed by atoms with Gasteiger partial charge in [0.25, 0.3) is 0 Å². The van der Waals surface area contributed by atoms with Gasteiger partial charge in [0.2, 0.25) is 5.91 Å². The molecule has 6 heteroatoms. The summed E-state index contributed by atoms with van der Waals surface area (Å²) in [5.41, 5.74) is 10.6. The van der Waals surface area contributed by atoms with Crippen LogP contribution in [-0.2, 0) is 17.8 Å². The van der Waals surface area contributed by atoms with Gasteiger partial charge in [-0.15, -0.1) is 0 Å². The van der Waals surface area contributed by atoms with Crippen molar-refractivity contribution in [3.63, 3.8) is 0 Å². The van der Waals surface area contributed by atoms with E-state index in [1.165, 1.54) is 9.47 Å². The number of para-hydroxylation sites is 1. The number of fused-ring (bicyclic) bond motifs is 1. The Labute approximate surface area is 174 Å². The van der Waals surface area contributed by atoms with Crippen molar-refractivity contribution in [2.75, 3.05) is 18.5 Å². The van der Waals surface area contributed by atoms with Gasteiger partial charge in [0.1, 0.15) is 6.54 Å². The summed E-state index contributed by atoms with van der Waals surface area (Å²) < 4.78 is 6.74. The van der Waals surface area contributed by atoms with Crippen LogP contribution in [0.3, 0.4) is 0 Å². The number of hydrogen-bond acceptors (Lipinski definition) is 4. The minimum absolute atomic E-state index is 0.103. The molecule has 6 nitrogen and oxygen atoms in total. The Balaban J connectivity index is 1.68. The summed E-state index contributed by atoms with van der Waals surface area (Å²) in [6, 6.07) is 23.0. The van der Waals surface area contributed by atoms with Crippen molar-refractivity contribution in [2.45, 2.75) is 13.0 Å². The molecule has 0 aliphatic heterocycles. The van der Waals surface area contributed by atoms with Gasteiger partial charge < -0.3 is 15.1 Å². The number of aromatic nitrogens is 1. The molecule has 0 spiro atoms. The third-order valence-electron chi connectivity index (χ3n) is 5.17. The van der Waals surface area contributed by atoms with Gasteiger partial charge in [-0.1, -0.05) is 48.5 Å². The van der Waals surface area contributed by atoms with E-state index in [0.717, 1.165) is 28.8 Å². The number of nitrogens with zero attached hydrogens (tertiary/aromatic N) is 2. The number of hydrogen-bond donors (Lipinski definition) is 1. The zero-order valence-corrected chi connectivity index (χ0v) is 16.7. The molecular formula is C24H23N3O3. The van der Waals surface area contributed by atoms with Gasteiger partial charge in [0.05, 0.1) is 5.52 Å². The fraction of sp³-hybridized carbons (Fsp3) is 0.167. The summed E-state index contributed by atoms with van der Waals surface area (Å²) in [7, 11) is 1.69. The van der Waals surface area contributed by atoms with Crippen LogP contribution in [0, 0.1) is 0 Å². The number of anilines is 1. The summed E-state index contributed by atoms with van der Waals surface area (Å²) in [5.74, 6) is -0.754. The Hall–Kier alpha value is -3.64. The maximum absolute atomic E-state index is 12.8. The summed E-state index contributed by atoms with van der Waals surface area (Å²) in [5, 5.41) is 0. The third kappa shape index (κ3) is 3.90. The third-order valence-corrected chi connectivity index (χ3v) is 5.17. The number of oxazole rings is 1. The van der Waals surface area contributed by atoms with E-state index < -0.39 is 5.76 Å². The lowest BCUT2D eigenvalue weighted by molar-refractivity contribution is -0.118. The number of benzene rings is 3. The number of rotatable bonds is 6. The molecule has 2 N–H and O–H groups in total. The first-order valence-corrected chi connectivity index (χ1v) is 9.81. The fourth-order valence-corrected chi connectivity index (χ4v) is 3.50. The molecule has 3 aromatic carbocycles. The van der Waals surface area contributed by atoms with Crippen molar-refractivity contribution in [1.82, 2.24) is 4.57 Å². The van der Waals surface area contributed by atoms with Crippen LogP contribution in [-0.4, -0.2) is 24.1 Å². The van der Waals surface area contributed by atoms with Gasteiger partial charge in [0.15, 0.2) is 5.58 Å². The van der Waals surface area contributed by atoms with E-state index in [1.54, 1.807) is 13.1 Å². The largest absolute Gasteiger partial charge is 0.420 e. The molecular weight excluding hydrogens is 378 g/mol. The van der Waals surface area contributed by atoms with Gasteiger partial charge >= 0.3 is 5.76 Å². The second-order valence-electron chi connectivity index (χ2n) is 7.16. The van der Waals surface area contributed by atoms with Crippen molar-refractivity contribution in [1.29, 1.82) is 0 Å². The smallest absolute Gasteiger partial charge is 0.408 e. The van der Waals surface area contributed by atoms with Crippen LogP contribution in [0.2, 0.25) is 0 Å². The summed E-state index contributed by atoms with van der Waals surface area (Å²) in [4.78, 5) is 26.8. The van der Waals surface area contributed by atoms with E-state index in [4.69, 9.17) is 10.2 Å². The zero-order valence-electron chi connectivity index (χ0n) is 16.7. The van der Waals surface area contributed by atoms with Gasteiger partial charge in [-0.05, 0) is 53.9 Å². The normalized spacial score (nSPS) is 11.0. The molecule has 0 saturated heterocycles. The monoisotopic (exact) mass is 401 g/mol. The second kappa shape index (κ2) is 8.39. The second-order valence-corrected chi connectivity index (χ2v) is 7.16. The summed E-state index contributed by atoms with van der Waals surface area (Å²) in [6.45, 7) is 0.481. The maximum atomic E-state index is 12.8. The Morgan fingerprint density at radius 2 is 1.77 bits per heavy atom. The fourth-order valence-electron chi connectivity index (χ4n) is 3.50. The van der Waals surface area contributed by atoms with Crippen LogP contribution < -0.4 is 16.4 Å². The van der Waals surface area contributed by atoms with Crippen LogP contribution in [0.5, 0.6) is 0 Å². The molecule has 1 amide bonds. The van der Waals surface area contributed by atoms with Gasteiger partial charge in [-0.2, -0.15) is 0 Å².